The molecule has 2 rings (SSSR count). The fraction of sp³-hybridized carbons (Fsp3) is 0.167. The molecule has 2 amide bonds. The third kappa shape index (κ3) is 2.38. The van der Waals surface area contributed by atoms with Gasteiger partial charge in [-0.05, 0) is 12.1 Å². The van der Waals surface area contributed by atoms with Crippen molar-refractivity contribution in [2.24, 2.45) is 0 Å². The average molecular weight is 268 g/mol. The first-order chi connectivity index (χ1) is 8.82. The van der Waals surface area contributed by atoms with Crippen molar-refractivity contribution in [1.82, 2.24) is 5.32 Å². The summed E-state index contributed by atoms with van der Waals surface area (Å²) in [5.74, 6) is 0.708. The van der Waals surface area contributed by atoms with Gasteiger partial charge in [-0.15, -0.1) is 6.42 Å². The topological polar surface area (TPSA) is 58.2 Å². The van der Waals surface area contributed by atoms with Gasteiger partial charge in [-0.3, -0.25) is 9.59 Å². The first-order valence-electron chi connectivity index (χ1n) is 5.13. The molecule has 1 aliphatic heterocycles. The molecule has 19 heavy (non-hydrogen) atoms. The highest BCUT2D eigenvalue weighted by atomic mass is 19.4. The summed E-state index contributed by atoms with van der Waals surface area (Å²) in [7, 11) is 0. The molecule has 0 aliphatic carbocycles. The highest BCUT2D eigenvalue weighted by molar-refractivity contribution is 6.09. The molecule has 98 valence electrons. The SMILES string of the molecule is C#Cc1cc(C(F)(F)F)cc2c1NC(=O)CNC2=O. The normalized spacial score (nSPS) is 14.8. The molecule has 7 heteroatoms. The van der Waals surface area contributed by atoms with Crippen LogP contribution in [0.1, 0.15) is 21.5 Å². The van der Waals surface area contributed by atoms with Gasteiger partial charge in [-0.25, -0.2) is 0 Å². The molecule has 0 spiro atoms. The van der Waals surface area contributed by atoms with Crippen LogP contribution in [0.3, 0.4) is 0 Å². The van der Waals surface area contributed by atoms with E-state index < -0.39 is 23.6 Å². The number of alkyl halides is 3. The number of hydrogen-bond acceptors (Lipinski definition) is 2. The largest absolute Gasteiger partial charge is 0.416 e. The van der Waals surface area contributed by atoms with E-state index in [-0.39, 0.29) is 23.4 Å². The Labute approximate surface area is 106 Å². The van der Waals surface area contributed by atoms with Crippen LogP contribution in [0.25, 0.3) is 0 Å². The average Bonchev–Trinajstić information content (AvgIpc) is 2.47. The van der Waals surface area contributed by atoms with Crippen molar-refractivity contribution >= 4 is 17.5 Å². The standard InChI is InChI=1S/C12H7F3N2O2/c1-2-6-3-7(12(13,14)15)4-8-10(6)17-9(18)5-16-11(8)19/h1,3-4H,5H2,(H,16,19)(H,17,18). The Morgan fingerprint density at radius 2 is 1.95 bits per heavy atom. The third-order valence-electron chi connectivity index (χ3n) is 2.54. The van der Waals surface area contributed by atoms with Crippen LogP contribution in [0.5, 0.6) is 0 Å². The summed E-state index contributed by atoms with van der Waals surface area (Å²) in [6, 6.07) is 1.38. The van der Waals surface area contributed by atoms with Crippen LogP contribution in [-0.4, -0.2) is 18.4 Å². The van der Waals surface area contributed by atoms with E-state index in [1.165, 1.54) is 0 Å². The Kier molecular flexibility index (Phi) is 2.94. The monoisotopic (exact) mass is 268 g/mol. The number of anilines is 1. The lowest BCUT2D eigenvalue weighted by atomic mass is 10.0. The van der Waals surface area contributed by atoms with Crippen LogP contribution in [0, 0.1) is 12.3 Å². The number of nitrogens with one attached hydrogen (secondary N) is 2. The van der Waals surface area contributed by atoms with Gasteiger partial charge in [0, 0.05) is 5.56 Å². The summed E-state index contributed by atoms with van der Waals surface area (Å²) in [6.07, 6.45) is 0.500. The smallest absolute Gasteiger partial charge is 0.343 e. The Morgan fingerprint density at radius 1 is 1.26 bits per heavy atom. The fourth-order valence-corrected chi connectivity index (χ4v) is 1.67. The summed E-state index contributed by atoms with van der Waals surface area (Å²) in [4.78, 5) is 23.0. The molecule has 1 heterocycles. The van der Waals surface area contributed by atoms with Crippen LogP contribution in [0.2, 0.25) is 0 Å². The predicted octanol–water partition coefficient (Wildman–Crippen LogP) is 1.37. The molecular formula is C12H7F3N2O2. The van der Waals surface area contributed by atoms with Gasteiger partial charge in [-0.1, -0.05) is 5.92 Å². The van der Waals surface area contributed by atoms with Crippen molar-refractivity contribution in [3.63, 3.8) is 0 Å². The van der Waals surface area contributed by atoms with Crippen molar-refractivity contribution < 1.29 is 22.8 Å². The minimum absolute atomic E-state index is 0.0736. The van der Waals surface area contributed by atoms with E-state index in [0.717, 1.165) is 6.07 Å². The van der Waals surface area contributed by atoms with Crippen molar-refractivity contribution in [3.8, 4) is 12.3 Å². The molecule has 1 aliphatic rings. The van der Waals surface area contributed by atoms with Crippen molar-refractivity contribution in [3.05, 3.63) is 28.8 Å². The zero-order valence-electron chi connectivity index (χ0n) is 9.39. The number of carbonyl (C=O) groups excluding carboxylic acids is 2. The van der Waals surface area contributed by atoms with E-state index in [4.69, 9.17) is 6.42 Å². The molecule has 0 saturated heterocycles. The van der Waals surface area contributed by atoms with Gasteiger partial charge in [0.25, 0.3) is 5.91 Å². The summed E-state index contributed by atoms with van der Waals surface area (Å²) < 4.78 is 38.1. The molecule has 1 aromatic rings. The maximum atomic E-state index is 12.7. The van der Waals surface area contributed by atoms with Gasteiger partial charge in [-0.2, -0.15) is 13.2 Å². The molecule has 0 fully saturated rings. The van der Waals surface area contributed by atoms with E-state index >= 15 is 0 Å². The molecular weight excluding hydrogens is 261 g/mol. The fourth-order valence-electron chi connectivity index (χ4n) is 1.67. The first-order valence-corrected chi connectivity index (χ1v) is 5.13. The van der Waals surface area contributed by atoms with Crippen LogP contribution in [-0.2, 0) is 11.0 Å². The molecule has 0 bridgehead atoms. The molecule has 0 atom stereocenters. The van der Waals surface area contributed by atoms with Gasteiger partial charge < -0.3 is 10.6 Å². The van der Waals surface area contributed by atoms with Crippen molar-refractivity contribution in [2.75, 3.05) is 11.9 Å². The summed E-state index contributed by atoms with van der Waals surface area (Å²) in [6.45, 7) is -0.321. The van der Waals surface area contributed by atoms with Crippen LogP contribution in [0.4, 0.5) is 18.9 Å². The molecule has 0 aromatic heterocycles. The second kappa shape index (κ2) is 4.31. The van der Waals surface area contributed by atoms with Gasteiger partial charge >= 0.3 is 6.18 Å². The minimum atomic E-state index is -4.63. The van der Waals surface area contributed by atoms with Gasteiger partial charge in [0.2, 0.25) is 5.91 Å². The minimum Gasteiger partial charge on any atom is -0.343 e. The van der Waals surface area contributed by atoms with Gasteiger partial charge in [0.15, 0.2) is 0 Å². The lowest BCUT2D eigenvalue weighted by Gasteiger charge is -2.13. The maximum absolute atomic E-state index is 12.7. The molecule has 0 saturated carbocycles. The third-order valence-corrected chi connectivity index (χ3v) is 2.54. The number of terminal acetylenes is 1. The second-order valence-corrected chi connectivity index (χ2v) is 3.82. The second-order valence-electron chi connectivity index (χ2n) is 3.82. The van der Waals surface area contributed by atoms with Gasteiger partial charge in [0.05, 0.1) is 23.4 Å². The van der Waals surface area contributed by atoms with Crippen molar-refractivity contribution in [2.45, 2.75) is 6.18 Å². The molecule has 4 nitrogen and oxygen atoms in total. The Balaban J connectivity index is 2.70. The summed E-state index contributed by atoms with van der Waals surface area (Å²) >= 11 is 0. The van der Waals surface area contributed by atoms with Crippen LogP contribution < -0.4 is 10.6 Å². The number of amides is 2. The van der Waals surface area contributed by atoms with E-state index in [2.05, 4.69) is 10.6 Å². The number of fused-ring (bicyclic) bond motifs is 1. The number of carbonyl (C=O) groups is 2. The molecule has 0 unspecified atom stereocenters. The lowest BCUT2D eigenvalue weighted by Crippen LogP contribution is -2.28. The van der Waals surface area contributed by atoms with Crippen LogP contribution >= 0.6 is 0 Å². The highest BCUT2D eigenvalue weighted by Gasteiger charge is 2.34. The predicted molar refractivity (Wildman–Crippen MR) is 60.3 cm³/mol. The van der Waals surface area contributed by atoms with Crippen molar-refractivity contribution in [1.29, 1.82) is 0 Å². The number of halogens is 3. The van der Waals surface area contributed by atoms with Gasteiger partial charge in [0.1, 0.15) is 0 Å². The Morgan fingerprint density at radius 3 is 2.53 bits per heavy atom. The number of hydrogen-bond donors (Lipinski definition) is 2. The summed E-state index contributed by atoms with van der Waals surface area (Å²) in [5, 5.41) is 4.51. The lowest BCUT2D eigenvalue weighted by molar-refractivity contribution is -0.137. The number of benzene rings is 1. The Bertz CT molecular complexity index is 615. The molecule has 0 radical (unpaired) electrons. The zero-order chi connectivity index (χ0) is 14.2. The zero-order valence-corrected chi connectivity index (χ0v) is 9.39. The number of rotatable bonds is 0. The maximum Gasteiger partial charge on any atom is 0.416 e. The molecule has 2 N–H and O–H groups in total. The van der Waals surface area contributed by atoms with E-state index in [1.54, 1.807) is 0 Å². The quantitative estimate of drug-likeness (QED) is 0.698. The summed E-state index contributed by atoms with van der Waals surface area (Å²) in [5.41, 5.74) is -1.59. The van der Waals surface area contributed by atoms with E-state index in [0.29, 0.717) is 6.07 Å². The first kappa shape index (κ1) is 13.0. The van der Waals surface area contributed by atoms with Crippen LogP contribution in [0.15, 0.2) is 12.1 Å². The Hall–Kier alpha value is -2.49. The van der Waals surface area contributed by atoms with E-state index in [1.807, 2.05) is 5.92 Å². The highest BCUT2D eigenvalue weighted by Crippen LogP contribution is 2.34. The van der Waals surface area contributed by atoms with E-state index in [9.17, 15) is 22.8 Å². The molecule has 1 aromatic carbocycles.